The first-order chi connectivity index (χ1) is 15.8. The monoisotopic (exact) mass is 456 g/mol. The highest BCUT2D eigenvalue weighted by atomic mass is 16.4. The lowest BCUT2D eigenvalue weighted by molar-refractivity contribution is -0.142. The molecule has 0 heterocycles. The Balaban J connectivity index is 2.12. The van der Waals surface area contributed by atoms with Crippen LogP contribution in [0.2, 0.25) is 0 Å². The lowest BCUT2D eigenvalue weighted by atomic mass is 10.0. The van der Waals surface area contributed by atoms with Gasteiger partial charge in [-0.2, -0.15) is 0 Å². The second-order valence-corrected chi connectivity index (χ2v) is 7.91. The highest BCUT2D eigenvalue weighted by Gasteiger charge is 2.28. The number of carbonyl (C=O) groups is 3. The zero-order valence-corrected chi connectivity index (χ0v) is 18.4. The maximum Gasteiger partial charge on any atom is 0.326 e. The van der Waals surface area contributed by atoms with Crippen LogP contribution in [0, 0.1) is 0 Å². The van der Waals surface area contributed by atoms with Crippen LogP contribution < -0.4 is 22.1 Å². The van der Waals surface area contributed by atoms with E-state index in [1.807, 2.05) is 30.3 Å². The van der Waals surface area contributed by atoms with Crippen LogP contribution in [0.1, 0.15) is 30.4 Å². The molecule has 178 valence electrons. The highest BCUT2D eigenvalue weighted by molar-refractivity contribution is 5.92. The number of carbonyl (C=O) groups excluding carboxylic acids is 2. The first-order valence-electron chi connectivity index (χ1n) is 10.9. The van der Waals surface area contributed by atoms with E-state index < -0.39 is 35.9 Å². The summed E-state index contributed by atoms with van der Waals surface area (Å²) in [7, 11) is 0. The molecular formula is C24H32N4O5. The number of aliphatic carboxylic acids is 1. The predicted molar refractivity (Wildman–Crippen MR) is 124 cm³/mol. The summed E-state index contributed by atoms with van der Waals surface area (Å²) in [6.07, 6.45) is 2.06. The molecule has 0 saturated carbocycles. The summed E-state index contributed by atoms with van der Waals surface area (Å²) in [5.41, 5.74) is 12.9. The summed E-state index contributed by atoms with van der Waals surface area (Å²) in [6, 6.07) is 12.2. The van der Waals surface area contributed by atoms with Gasteiger partial charge >= 0.3 is 5.97 Å². The van der Waals surface area contributed by atoms with Gasteiger partial charge in [0.1, 0.15) is 17.8 Å². The number of phenolic OH excluding ortho intramolecular Hbond substituents is 1. The van der Waals surface area contributed by atoms with Gasteiger partial charge in [0, 0.05) is 12.8 Å². The number of rotatable bonds is 13. The maximum absolute atomic E-state index is 13.0. The van der Waals surface area contributed by atoms with Gasteiger partial charge in [-0.3, -0.25) is 9.59 Å². The first kappa shape index (κ1) is 25.8. The van der Waals surface area contributed by atoms with Crippen molar-refractivity contribution in [3.63, 3.8) is 0 Å². The van der Waals surface area contributed by atoms with Crippen LogP contribution >= 0.6 is 0 Å². The van der Waals surface area contributed by atoms with Crippen LogP contribution in [0.3, 0.4) is 0 Å². The Morgan fingerprint density at radius 1 is 0.818 bits per heavy atom. The van der Waals surface area contributed by atoms with Gasteiger partial charge in [-0.1, -0.05) is 48.9 Å². The second-order valence-electron chi connectivity index (χ2n) is 7.91. The quantitative estimate of drug-likeness (QED) is 0.241. The van der Waals surface area contributed by atoms with Crippen LogP contribution in [-0.2, 0) is 27.2 Å². The summed E-state index contributed by atoms with van der Waals surface area (Å²) in [4.78, 5) is 37.4. The molecule has 0 aliphatic rings. The number of nitrogens with two attached hydrogens (primary N) is 2. The smallest absolute Gasteiger partial charge is 0.326 e. The van der Waals surface area contributed by atoms with Crippen molar-refractivity contribution >= 4 is 17.8 Å². The Morgan fingerprint density at radius 3 is 2.00 bits per heavy atom. The fourth-order valence-electron chi connectivity index (χ4n) is 3.32. The lowest BCUT2D eigenvalue weighted by Crippen LogP contribution is -2.55. The van der Waals surface area contributed by atoms with Crippen LogP contribution in [0.15, 0.2) is 54.6 Å². The van der Waals surface area contributed by atoms with E-state index in [9.17, 15) is 24.6 Å². The van der Waals surface area contributed by atoms with E-state index in [1.165, 1.54) is 12.1 Å². The summed E-state index contributed by atoms with van der Waals surface area (Å²) in [6.45, 7) is 0.505. The normalized spacial score (nSPS) is 13.5. The number of hydrogen-bond donors (Lipinski definition) is 6. The van der Waals surface area contributed by atoms with E-state index in [-0.39, 0.29) is 18.6 Å². The van der Waals surface area contributed by atoms with E-state index in [0.29, 0.717) is 24.9 Å². The molecular weight excluding hydrogens is 424 g/mol. The predicted octanol–water partition coefficient (Wildman–Crippen LogP) is 0.688. The fourth-order valence-corrected chi connectivity index (χ4v) is 3.32. The van der Waals surface area contributed by atoms with Gasteiger partial charge in [0.2, 0.25) is 11.8 Å². The minimum Gasteiger partial charge on any atom is -0.508 e. The number of aromatic hydroxyl groups is 1. The van der Waals surface area contributed by atoms with Crippen LogP contribution in [0.25, 0.3) is 0 Å². The number of nitrogens with one attached hydrogen (secondary N) is 2. The molecule has 2 rings (SSSR count). The van der Waals surface area contributed by atoms with Crippen molar-refractivity contribution in [2.75, 3.05) is 6.54 Å². The lowest BCUT2D eigenvalue weighted by Gasteiger charge is -2.23. The van der Waals surface area contributed by atoms with Gasteiger partial charge in [-0.15, -0.1) is 0 Å². The van der Waals surface area contributed by atoms with Gasteiger partial charge in [-0.25, -0.2) is 4.79 Å². The van der Waals surface area contributed by atoms with Gasteiger partial charge in [-0.05, 0) is 42.6 Å². The molecule has 33 heavy (non-hydrogen) atoms. The number of carboxylic acids is 1. The Hall–Kier alpha value is -3.43. The van der Waals surface area contributed by atoms with Crippen molar-refractivity contribution in [3.05, 3.63) is 65.7 Å². The fraction of sp³-hybridized carbons (Fsp3) is 0.375. The number of carboxylic acid groups (broad SMARTS) is 1. The van der Waals surface area contributed by atoms with Crippen LogP contribution in [0.4, 0.5) is 0 Å². The second kappa shape index (κ2) is 13.2. The van der Waals surface area contributed by atoms with E-state index in [0.717, 1.165) is 12.0 Å². The summed E-state index contributed by atoms with van der Waals surface area (Å²) in [5.74, 6) is -2.25. The Bertz CT molecular complexity index is 905. The molecule has 0 saturated heterocycles. The van der Waals surface area contributed by atoms with Gasteiger partial charge in [0.25, 0.3) is 0 Å². The zero-order chi connectivity index (χ0) is 24.2. The van der Waals surface area contributed by atoms with Crippen LogP contribution in [-0.4, -0.2) is 52.7 Å². The molecule has 2 aromatic carbocycles. The Labute approximate surface area is 193 Å². The molecule has 9 nitrogen and oxygen atoms in total. The van der Waals surface area contributed by atoms with Gasteiger partial charge < -0.3 is 32.3 Å². The molecule has 9 heteroatoms. The Morgan fingerprint density at radius 2 is 1.39 bits per heavy atom. The van der Waals surface area contributed by atoms with E-state index in [4.69, 9.17) is 11.5 Å². The van der Waals surface area contributed by atoms with Crippen molar-refractivity contribution < 1.29 is 24.6 Å². The van der Waals surface area contributed by atoms with Crippen molar-refractivity contribution in [2.24, 2.45) is 11.5 Å². The largest absolute Gasteiger partial charge is 0.508 e. The summed E-state index contributed by atoms with van der Waals surface area (Å²) in [5, 5.41) is 24.2. The molecule has 0 bridgehead atoms. The average molecular weight is 457 g/mol. The first-order valence-corrected chi connectivity index (χ1v) is 10.9. The van der Waals surface area contributed by atoms with Crippen LogP contribution in [0.5, 0.6) is 5.75 Å². The third-order valence-electron chi connectivity index (χ3n) is 5.21. The number of unbranched alkanes of at least 4 members (excludes halogenated alkanes) is 1. The maximum atomic E-state index is 13.0. The molecule has 0 radical (unpaired) electrons. The number of amides is 2. The van der Waals surface area contributed by atoms with E-state index >= 15 is 0 Å². The minimum absolute atomic E-state index is 0.0198. The standard InChI is InChI=1S/C24H32N4O5/c25-13-5-4-8-19(26)22(30)27-20(14-16-6-2-1-3-7-16)23(31)28-21(24(32)33)15-17-9-11-18(29)12-10-17/h1-3,6-7,9-12,19-21,29H,4-5,8,13-15,25-26H2,(H,27,30)(H,28,31)(H,32,33)/t19-,20-,21-/m1/s1. The topological polar surface area (TPSA) is 168 Å². The molecule has 0 spiro atoms. The summed E-state index contributed by atoms with van der Waals surface area (Å²) < 4.78 is 0. The van der Waals surface area contributed by atoms with Crippen molar-refractivity contribution in [3.8, 4) is 5.75 Å². The number of phenols is 1. The number of hydrogen-bond acceptors (Lipinski definition) is 6. The third kappa shape index (κ3) is 8.91. The van der Waals surface area contributed by atoms with Crippen molar-refractivity contribution in [2.45, 2.75) is 50.2 Å². The molecule has 0 aliphatic carbocycles. The van der Waals surface area contributed by atoms with Gasteiger partial charge in [0.15, 0.2) is 0 Å². The molecule has 0 aromatic heterocycles. The summed E-state index contributed by atoms with van der Waals surface area (Å²) >= 11 is 0. The molecule has 2 amide bonds. The number of benzene rings is 2. The third-order valence-corrected chi connectivity index (χ3v) is 5.21. The highest BCUT2D eigenvalue weighted by Crippen LogP contribution is 2.12. The molecule has 0 unspecified atom stereocenters. The molecule has 0 aliphatic heterocycles. The zero-order valence-electron chi connectivity index (χ0n) is 18.4. The average Bonchev–Trinajstić information content (AvgIpc) is 2.80. The molecule has 3 atom stereocenters. The van der Waals surface area contributed by atoms with Crippen molar-refractivity contribution in [1.82, 2.24) is 10.6 Å². The van der Waals surface area contributed by atoms with E-state index in [1.54, 1.807) is 12.1 Å². The van der Waals surface area contributed by atoms with Crippen molar-refractivity contribution in [1.29, 1.82) is 0 Å². The molecule has 0 fully saturated rings. The van der Waals surface area contributed by atoms with Gasteiger partial charge in [0.05, 0.1) is 6.04 Å². The molecule has 8 N–H and O–H groups in total. The Kier molecular flexibility index (Phi) is 10.3. The van der Waals surface area contributed by atoms with E-state index in [2.05, 4.69) is 10.6 Å². The molecule has 2 aromatic rings. The minimum atomic E-state index is -1.21. The SMILES string of the molecule is NCCCC[C@@H](N)C(=O)N[C@H](Cc1ccccc1)C(=O)N[C@H](Cc1ccc(O)cc1)C(=O)O.